The molecule has 3 aromatic carbocycles. The predicted octanol–water partition coefficient (Wildman–Crippen LogP) is 7.11. The van der Waals surface area contributed by atoms with E-state index in [9.17, 15) is 9.59 Å². The number of carbonyl (C=O) groups excluding carboxylic acids is 2. The average Bonchev–Trinajstić information content (AvgIpc) is 3.08. The molecule has 0 atom stereocenters. The molecule has 0 bridgehead atoms. The molecule has 0 N–H and O–H groups in total. The molecular weight excluding hydrogens is 538 g/mol. The normalized spacial score (nSPS) is 14.7. The maximum Gasteiger partial charge on any atom is 0.293 e. The van der Waals surface area contributed by atoms with Crippen molar-refractivity contribution in [3.8, 4) is 11.5 Å². The third kappa shape index (κ3) is 6.03. The molecule has 0 unspecified atom stereocenters. The SMILES string of the molecule is Cc1ccc(OCCN2C(=O)S/C(=C\c3ccc(OCc4ccccc4Cl)c(Br)c3)C2=O)cc1. The molecule has 1 heterocycles. The number of nitrogens with zero attached hydrogens (tertiary/aromatic N) is 1. The Morgan fingerprint density at radius 2 is 1.79 bits per heavy atom. The lowest BCUT2D eigenvalue weighted by Crippen LogP contribution is -2.32. The highest BCUT2D eigenvalue weighted by Crippen LogP contribution is 2.34. The van der Waals surface area contributed by atoms with Crippen LogP contribution in [0.3, 0.4) is 0 Å². The van der Waals surface area contributed by atoms with Crippen molar-refractivity contribution in [2.45, 2.75) is 13.5 Å². The standard InChI is InChI=1S/C26H21BrClNO4S/c1-17-6-9-20(10-7-17)32-13-12-29-25(30)24(34-26(29)31)15-18-8-11-23(21(27)14-18)33-16-19-4-2-3-5-22(19)28/h2-11,14-15H,12-13,16H2,1H3/b24-15-. The molecule has 0 radical (unpaired) electrons. The van der Waals surface area contributed by atoms with E-state index >= 15 is 0 Å². The summed E-state index contributed by atoms with van der Waals surface area (Å²) in [5.74, 6) is 1.03. The van der Waals surface area contributed by atoms with Gasteiger partial charge < -0.3 is 9.47 Å². The van der Waals surface area contributed by atoms with E-state index in [1.54, 1.807) is 6.08 Å². The molecule has 0 aliphatic carbocycles. The zero-order valence-corrected chi connectivity index (χ0v) is 21.5. The van der Waals surface area contributed by atoms with Gasteiger partial charge in [-0.25, -0.2) is 0 Å². The second-order valence-electron chi connectivity index (χ2n) is 7.56. The first-order valence-electron chi connectivity index (χ1n) is 10.5. The van der Waals surface area contributed by atoms with Gasteiger partial charge in [-0.3, -0.25) is 14.5 Å². The van der Waals surface area contributed by atoms with Crippen LogP contribution in [0.25, 0.3) is 6.08 Å². The minimum absolute atomic E-state index is 0.189. The number of hydrogen-bond donors (Lipinski definition) is 0. The molecule has 0 aromatic heterocycles. The van der Waals surface area contributed by atoms with E-state index in [1.807, 2.05) is 73.7 Å². The van der Waals surface area contributed by atoms with Crippen LogP contribution in [0.5, 0.6) is 11.5 Å². The molecule has 0 saturated carbocycles. The molecule has 1 saturated heterocycles. The zero-order valence-electron chi connectivity index (χ0n) is 18.3. The zero-order chi connectivity index (χ0) is 24.1. The lowest BCUT2D eigenvalue weighted by Gasteiger charge is -2.13. The molecule has 174 valence electrons. The van der Waals surface area contributed by atoms with Gasteiger partial charge in [0.2, 0.25) is 0 Å². The highest BCUT2D eigenvalue weighted by atomic mass is 79.9. The van der Waals surface area contributed by atoms with Crippen molar-refractivity contribution in [2.24, 2.45) is 0 Å². The fourth-order valence-corrected chi connectivity index (χ4v) is 4.79. The van der Waals surface area contributed by atoms with E-state index in [0.29, 0.717) is 28.0 Å². The molecule has 1 aliphatic heterocycles. The maximum atomic E-state index is 12.8. The number of hydrogen-bond acceptors (Lipinski definition) is 5. The Hall–Kier alpha value is -2.74. The highest BCUT2D eigenvalue weighted by Gasteiger charge is 2.34. The molecule has 2 amide bonds. The van der Waals surface area contributed by atoms with Crippen LogP contribution in [-0.2, 0) is 11.4 Å². The summed E-state index contributed by atoms with van der Waals surface area (Å²) < 4.78 is 12.3. The first kappa shape index (κ1) is 24.4. The number of amides is 2. The lowest BCUT2D eigenvalue weighted by atomic mass is 10.2. The number of imide groups is 1. The van der Waals surface area contributed by atoms with Gasteiger partial charge in [0, 0.05) is 10.6 Å². The molecule has 0 spiro atoms. The van der Waals surface area contributed by atoms with Crippen LogP contribution in [-0.4, -0.2) is 29.2 Å². The van der Waals surface area contributed by atoms with Gasteiger partial charge in [-0.2, -0.15) is 0 Å². The largest absolute Gasteiger partial charge is 0.492 e. The van der Waals surface area contributed by atoms with E-state index in [4.69, 9.17) is 21.1 Å². The van der Waals surface area contributed by atoms with Crippen molar-refractivity contribution < 1.29 is 19.1 Å². The van der Waals surface area contributed by atoms with Crippen LogP contribution in [0.1, 0.15) is 16.7 Å². The molecule has 34 heavy (non-hydrogen) atoms. The minimum Gasteiger partial charge on any atom is -0.492 e. The smallest absolute Gasteiger partial charge is 0.293 e. The summed E-state index contributed by atoms with van der Waals surface area (Å²) in [6, 6.07) is 20.6. The highest BCUT2D eigenvalue weighted by molar-refractivity contribution is 9.10. The first-order valence-corrected chi connectivity index (χ1v) is 12.5. The summed E-state index contributed by atoms with van der Waals surface area (Å²) in [6.07, 6.45) is 1.70. The summed E-state index contributed by atoms with van der Waals surface area (Å²) in [6.45, 7) is 2.75. The Morgan fingerprint density at radius 1 is 1.03 bits per heavy atom. The van der Waals surface area contributed by atoms with Gasteiger partial charge in [-0.05, 0) is 76.6 Å². The van der Waals surface area contributed by atoms with Crippen molar-refractivity contribution in [1.29, 1.82) is 0 Å². The van der Waals surface area contributed by atoms with E-state index in [0.717, 1.165) is 32.9 Å². The Labute approximate surface area is 215 Å². The van der Waals surface area contributed by atoms with Crippen LogP contribution in [0, 0.1) is 6.92 Å². The van der Waals surface area contributed by atoms with Crippen molar-refractivity contribution in [3.05, 3.63) is 97.8 Å². The van der Waals surface area contributed by atoms with Crippen molar-refractivity contribution in [3.63, 3.8) is 0 Å². The number of aryl methyl sites for hydroxylation is 1. The van der Waals surface area contributed by atoms with Gasteiger partial charge >= 0.3 is 0 Å². The fraction of sp³-hybridized carbons (Fsp3) is 0.154. The summed E-state index contributed by atoms with van der Waals surface area (Å²) in [4.78, 5) is 26.7. The maximum absolute atomic E-state index is 12.8. The molecule has 1 fully saturated rings. The predicted molar refractivity (Wildman–Crippen MR) is 139 cm³/mol. The minimum atomic E-state index is -0.322. The molecule has 4 rings (SSSR count). The van der Waals surface area contributed by atoms with Crippen LogP contribution >= 0.6 is 39.3 Å². The summed E-state index contributed by atoms with van der Waals surface area (Å²) in [7, 11) is 0. The molecule has 3 aromatic rings. The molecule has 5 nitrogen and oxygen atoms in total. The quantitative estimate of drug-likeness (QED) is 0.276. The van der Waals surface area contributed by atoms with Gasteiger partial charge in [-0.1, -0.05) is 53.6 Å². The second-order valence-corrected chi connectivity index (χ2v) is 9.82. The van der Waals surface area contributed by atoms with Gasteiger partial charge in [0.15, 0.2) is 0 Å². The van der Waals surface area contributed by atoms with Gasteiger partial charge in [0.25, 0.3) is 11.1 Å². The number of thioether (sulfide) groups is 1. The van der Waals surface area contributed by atoms with Crippen LogP contribution < -0.4 is 9.47 Å². The van der Waals surface area contributed by atoms with Gasteiger partial charge in [-0.15, -0.1) is 0 Å². The van der Waals surface area contributed by atoms with Crippen LogP contribution in [0.2, 0.25) is 5.02 Å². The van der Waals surface area contributed by atoms with E-state index < -0.39 is 0 Å². The van der Waals surface area contributed by atoms with Crippen LogP contribution in [0.4, 0.5) is 4.79 Å². The number of ether oxygens (including phenoxy) is 2. The average molecular weight is 559 g/mol. The van der Waals surface area contributed by atoms with E-state index in [2.05, 4.69) is 15.9 Å². The van der Waals surface area contributed by atoms with Crippen molar-refractivity contribution >= 4 is 56.5 Å². The van der Waals surface area contributed by atoms with E-state index in [1.165, 1.54) is 4.90 Å². The molecular formula is C26H21BrClNO4S. The third-order valence-corrected chi connectivity index (χ3v) is 6.97. The van der Waals surface area contributed by atoms with E-state index in [-0.39, 0.29) is 24.3 Å². The number of benzene rings is 3. The molecule has 8 heteroatoms. The Morgan fingerprint density at radius 3 is 2.53 bits per heavy atom. The number of halogens is 2. The lowest BCUT2D eigenvalue weighted by molar-refractivity contribution is -0.123. The second kappa shape index (κ2) is 11.1. The van der Waals surface area contributed by atoms with Gasteiger partial charge in [0.05, 0.1) is 15.9 Å². The third-order valence-electron chi connectivity index (χ3n) is 5.07. The topological polar surface area (TPSA) is 55.8 Å². The van der Waals surface area contributed by atoms with Crippen LogP contribution in [0.15, 0.2) is 76.1 Å². The number of rotatable bonds is 8. The molecule has 1 aliphatic rings. The summed E-state index contributed by atoms with van der Waals surface area (Å²) in [5, 5.41) is 0.345. The Kier molecular flexibility index (Phi) is 7.98. The van der Waals surface area contributed by atoms with Crippen molar-refractivity contribution in [1.82, 2.24) is 4.90 Å². The van der Waals surface area contributed by atoms with Gasteiger partial charge in [0.1, 0.15) is 24.7 Å². The number of carbonyl (C=O) groups is 2. The van der Waals surface area contributed by atoms with Crippen molar-refractivity contribution in [2.75, 3.05) is 13.2 Å². The fourth-order valence-electron chi connectivity index (χ4n) is 3.23. The monoisotopic (exact) mass is 557 g/mol. The summed E-state index contributed by atoms with van der Waals surface area (Å²) >= 11 is 10.6. The first-order chi connectivity index (χ1) is 16.4. The Bertz CT molecular complexity index is 1250. The Balaban J connectivity index is 1.36. The summed E-state index contributed by atoms with van der Waals surface area (Å²) in [5.41, 5.74) is 2.80.